The lowest BCUT2D eigenvalue weighted by Gasteiger charge is -2.32. The number of amides is 3. The second kappa shape index (κ2) is 11.3. The molecule has 2 N–H and O–H groups in total. The number of ether oxygens (including phenoxy) is 1. The maximum Gasteiger partial charge on any atom is 0.273 e. The van der Waals surface area contributed by atoms with Gasteiger partial charge in [-0.05, 0) is 44.0 Å². The summed E-state index contributed by atoms with van der Waals surface area (Å²) in [6, 6.07) is 17.9. The van der Waals surface area contributed by atoms with E-state index in [1.807, 2.05) is 37.3 Å². The number of likely N-dealkylation sites (tertiary alicyclic amines) is 1. The number of hydrogen-bond acceptors (Lipinski definition) is 6. The van der Waals surface area contributed by atoms with Crippen LogP contribution < -0.4 is 15.4 Å². The first-order valence-electron chi connectivity index (χ1n) is 11.7. The molecule has 4 rings (SSSR count). The van der Waals surface area contributed by atoms with Gasteiger partial charge in [0.2, 0.25) is 5.91 Å². The van der Waals surface area contributed by atoms with E-state index in [9.17, 15) is 14.4 Å². The molecule has 0 unspecified atom stereocenters. The molecule has 3 amide bonds. The van der Waals surface area contributed by atoms with Crippen molar-refractivity contribution >= 4 is 17.7 Å². The maximum absolute atomic E-state index is 12.7. The van der Waals surface area contributed by atoms with E-state index in [0.717, 1.165) is 11.3 Å². The number of nitrogens with one attached hydrogen (secondary N) is 2. The Balaban J connectivity index is 1.20. The lowest BCUT2D eigenvalue weighted by atomic mass is 10.0. The van der Waals surface area contributed by atoms with Crippen LogP contribution in [0.15, 0.2) is 65.2 Å². The van der Waals surface area contributed by atoms with E-state index in [4.69, 9.17) is 9.26 Å². The van der Waals surface area contributed by atoms with Gasteiger partial charge in [0, 0.05) is 36.3 Å². The Labute approximate surface area is 203 Å². The Bertz CT molecular complexity index is 1150. The largest absolute Gasteiger partial charge is 0.494 e. The number of carbonyl (C=O) groups excluding carboxylic acids is 3. The average molecular weight is 477 g/mol. The van der Waals surface area contributed by atoms with E-state index in [1.54, 1.807) is 35.2 Å². The molecule has 35 heavy (non-hydrogen) atoms. The smallest absolute Gasteiger partial charge is 0.273 e. The third kappa shape index (κ3) is 6.26. The number of aromatic nitrogens is 1. The Hall–Kier alpha value is -4.14. The third-order valence-corrected chi connectivity index (χ3v) is 5.77. The van der Waals surface area contributed by atoms with E-state index >= 15 is 0 Å². The van der Waals surface area contributed by atoms with Crippen LogP contribution >= 0.6 is 0 Å². The molecule has 0 saturated carbocycles. The van der Waals surface area contributed by atoms with Gasteiger partial charge in [0.1, 0.15) is 5.75 Å². The molecule has 2 aromatic carbocycles. The molecule has 0 radical (unpaired) electrons. The molecule has 0 atom stereocenters. The van der Waals surface area contributed by atoms with Crippen LogP contribution in [0, 0.1) is 0 Å². The van der Waals surface area contributed by atoms with Gasteiger partial charge in [-0.1, -0.05) is 35.5 Å². The number of benzene rings is 2. The first kappa shape index (κ1) is 24.0. The molecule has 0 aliphatic carbocycles. The van der Waals surface area contributed by atoms with Crippen LogP contribution in [-0.2, 0) is 4.79 Å². The molecule has 0 spiro atoms. The van der Waals surface area contributed by atoms with Crippen LogP contribution in [0.3, 0.4) is 0 Å². The Morgan fingerprint density at radius 2 is 1.77 bits per heavy atom. The zero-order chi connectivity index (χ0) is 24.6. The van der Waals surface area contributed by atoms with Crippen molar-refractivity contribution in [3.05, 3.63) is 71.9 Å². The van der Waals surface area contributed by atoms with Crippen molar-refractivity contribution in [3.63, 3.8) is 0 Å². The summed E-state index contributed by atoms with van der Waals surface area (Å²) in [5.74, 6) is 0.403. The van der Waals surface area contributed by atoms with Crippen LogP contribution in [0.5, 0.6) is 5.75 Å². The summed E-state index contributed by atoms with van der Waals surface area (Å²) < 4.78 is 10.6. The second-order valence-electron chi connectivity index (χ2n) is 8.22. The topological polar surface area (TPSA) is 114 Å². The Morgan fingerprint density at radius 3 is 2.46 bits per heavy atom. The molecule has 182 valence electrons. The predicted molar refractivity (Wildman–Crippen MR) is 129 cm³/mol. The van der Waals surface area contributed by atoms with Gasteiger partial charge in [0.25, 0.3) is 11.8 Å². The van der Waals surface area contributed by atoms with Gasteiger partial charge in [-0.2, -0.15) is 0 Å². The van der Waals surface area contributed by atoms with Crippen LogP contribution in [0.1, 0.15) is 40.6 Å². The summed E-state index contributed by atoms with van der Waals surface area (Å²) in [6.07, 6.45) is 1.29. The van der Waals surface area contributed by atoms with Crippen molar-refractivity contribution < 1.29 is 23.6 Å². The van der Waals surface area contributed by atoms with E-state index in [0.29, 0.717) is 43.9 Å². The second-order valence-corrected chi connectivity index (χ2v) is 8.22. The highest BCUT2D eigenvalue weighted by molar-refractivity contribution is 5.96. The molecule has 1 aliphatic heterocycles. The van der Waals surface area contributed by atoms with Gasteiger partial charge >= 0.3 is 0 Å². The minimum absolute atomic E-state index is 0.0347. The lowest BCUT2D eigenvalue weighted by molar-refractivity contribution is -0.121. The predicted octanol–water partition coefficient (Wildman–Crippen LogP) is 2.89. The summed E-state index contributed by atoms with van der Waals surface area (Å²) in [6.45, 7) is 3.41. The molecule has 1 aromatic heterocycles. The van der Waals surface area contributed by atoms with E-state index < -0.39 is 5.91 Å². The highest BCUT2D eigenvalue weighted by Crippen LogP contribution is 2.20. The fraction of sp³-hybridized carbons (Fsp3) is 0.308. The normalized spacial score (nSPS) is 13.8. The number of nitrogens with zero attached hydrogens (tertiary/aromatic N) is 2. The van der Waals surface area contributed by atoms with Gasteiger partial charge < -0.3 is 24.8 Å². The highest BCUT2D eigenvalue weighted by atomic mass is 16.5. The average Bonchev–Trinajstić information content (AvgIpc) is 3.39. The SMILES string of the molecule is CCOc1ccc(C(=O)N2CCC(NC(=O)CNC(=O)c3cc(-c4ccccc4)on3)CC2)cc1. The van der Waals surface area contributed by atoms with Crippen molar-refractivity contribution in [2.24, 2.45) is 0 Å². The quantitative estimate of drug-likeness (QED) is 0.517. The van der Waals surface area contributed by atoms with Crippen molar-refractivity contribution in [2.45, 2.75) is 25.8 Å². The summed E-state index contributed by atoms with van der Waals surface area (Å²) in [5.41, 5.74) is 1.53. The van der Waals surface area contributed by atoms with Gasteiger partial charge in [0.15, 0.2) is 11.5 Å². The first-order chi connectivity index (χ1) is 17.0. The maximum atomic E-state index is 12.7. The molecule has 2 heterocycles. The summed E-state index contributed by atoms with van der Waals surface area (Å²) >= 11 is 0. The van der Waals surface area contributed by atoms with E-state index in [1.165, 1.54) is 0 Å². The van der Waals surface area contributed by atoms with Crippen molar-refractivity contribution in [3.8, 4) is 17.1 Å². The lowest BCUT2D eigenvalue weighted by Crippen LogP contribution is -2.48. The molecule has 0 bridgehead atoms. The summed E-state index contributed by atoms with van der Waals surface area (Å²) in [5, 5.41) is 9.28. The monoisotopic (exact) mass is 476 g/mol. The number of rotatable bonds is 8. The number of piperidine rings is 1. The summed E-state index contributed by atoms with van der Waals surface area (Å²) in [7, 11) is 0. The highest BCUT2D eigenvalue weighted by Gasteiger charge is 2.25. The van der Waals surface area contributed by atoms with Crippen LogP contribution in [0.25, 0.3) is 11.3 Å². The zero-order valence-electron chi connectivity index (χ0n) is 19.5. The van der Waals surface area contributed by atoms with E-state index in [-0.39, 0.29) is 30.1 Å². The first-order valence-corrected chi connectivity index (χ1v) is 11.7. The van der Waals surface area contributed by atoms with Gasteiger partial charge in [-0.15, -0.1) is 0 Å². The minimum Gasteiger partial charge on any atom is -0.494 e. The molecule has 9 heteroatoms. The molecule has 1 aliphatic rings. The number of hydrogen-bond donors (Lipinski definition) is 2. The van der Waals surface area contributed by atoms with Crippen LogP contribution in [0.2, 0.25) is 0 Å². The fourth-order valence-electron chi connectivity index (χ4n) is 3.92. The van der Waals surface area contributed by atoms with Gasteiger partial charge in [0.05, 0.1) is 13.2 Å². The van der Waals surface area contributed by atoms with Crippen molar-refractivity contribution in [1.82, 2.24) is 20.7 Å². The Morgan fingerprint density at radius 1 is 1.06 bits per heavy atom. The third-order valence-electron chi connectivity index (χ3n) is 5.77. The Kier molecular flexibility index (Phi) is 7.77. The van der Waals surface area contributed by atoms with E-state index in [2.05, 4.69) is 15.8 Å². The molecule has 3 aromatic rings. The van der Waals surface area contributed by atoms with Crippen LogP contribution in [0.4, 0.5) is 0 Å². The fourth-order valence-corrected chi connectivity index (χ4v) is 3.92. The van der Waals surface area contributed by atoms with Crippen LogP contribution in [-0.4, -0.2) is 60.1 Å². The number of carbonyl (C=O) groups is 3. The molecule has 1 saturated heterocycles. The van der Waals surface area contributed by atoms with Crippen molar-refractivity contribution in [2.75, 3.05) is 26.2 Å². The van der Waals surface area contributed by atoms with Gasteiger partial charge in [-0.3, -0.25) is 14.4 Å². The van der Waals surface area contributed by atoms with Crippen molar-refractivity contribution in [1.29, 1.82) is 0 Å². The molecular formula is C26H28N4O5. The molecule has 9 nitrogen and oxygen atoms in total. The minimum atomic E-state index is -0.484. The molecular weight excluding hydrogens is 448 g/mol. The standard InChI is InChI=1S/C26H28N4O5/c1-2-34-21-10-8-19(9-11-21)26(33)30-14-12-20(13-15-30)28-24(31)17-27-25(32)22-16-23(35-29-22)18-6-4-3-5-7-18/h3-11,16,20H,2,12-15,17H2,1H3,(H,27,32)(H,28,31). The summed E-state index contributed by atoms with van der Waals surface area (Å²) in [4.78, 5) is 39.2. The molecule has 1 fully saturated rings. The van der Waals surface area contributed by atoms with Gasteiger partial charge in [-0.25, -0.2) is 0 Å². The zero-order valence-corrected chi connectivity index (χ0v) is 19.5.